The average molecular weight is 284 g/mol. The maximum atomic E-state index is 5.62. The monoisotopic (exact) mass is 284 g/mol. The second-order valence-electron chi connectivity index (χ2n) is 5.20. The smallest absolute Gasteiger partial charge is 0.103 e. The molecule has 0 saturated carbocycles. The first-order chi connectivity index (χ1) is 9.47. The SMILES string of the molecule is Cc1ccc(C)c(CN(C)c2ccc(C(N)=S)cc2)c1. The van der Waals surface area contributed by atoms with Gasteiger partial charge in [0.25, 0.3) is 0 Å². The number of aryl methyl sites for hydroxylation is 2. The van der Waals surface area contributed by atoms with Crippen LogP contribution in [0.3, 0.4) is 0 Å². The van der Waals surface area contributed by atoms with Crippen molar-refractivity contribution in [1.82, 2.24) is 0 Å². The molecule has 2 nitrogen and oxygen atoms in total. The van der Waals surface area contributed by atoms with E-state index in [2.05, 4.69) is 56.1 Å². The normalized spacial score (nSPS) is 10.3. The number of nitrogens with two attached hydrogens (primary N) is 1. The molecule has 0 bridgehead atoms. The predicted octanol–water partition coefficient (Wildman–Crippen LogP) is 3.57. The molecule has 20 heavy (non-hydrogen) atoms. The van der Waals surface area contributed by atoms with Gasteiger partial charge in [-0.15, -0.1) is 0 Å². The summed E-state index contributed by atoms with van der Waals surface area (Å²) in [6.45, 7) is 5.17. The van der Waals surface area contributed by atoms with E-state index < -0.39 is 0 Å². The third-order valence-electron chi connectivity index (χ3n) is 3.50. The lowest BCUT2D eigenvalue weighted by atomic mass is 10.1. The van der Waals surface area contributed by atoms with Gasteiger partial charge in [0, 0.05) is 24.8 Å². The molecule has 3 heteroatoms. The van der Waals surface area contributed by atoms with Gasteiger partial charge in [0.1, 0.15) is 4.99 Å². The van der Waals surface area contributed by atoms with Crippen molar-refractivity contribution < 1.29 is 0 Å². The van der Waals surface area contributed by atoms with Crippen molar-refractivity contribution in [3.63, 3.8) is 0 Å². The molecule has 0 saturated heterocycles. The van der Waals surface area contributed by atoms with E-state index in [0.29, 0.717) is 4.99 Å². The zero-order chi connectivity index (χ0) is 14.7. The summed E-state index contributed by atoms with van der Waals surface area (Å²) in [7, 11) is 2.09. The molecule has 0 aromatic heterocycles. The van der Waals surface area contributed by atoms with Gasteiger partial charge in [-0.1, -0.05) is 36.0 Å². The molecule has 104 valence electrons. The number of hydrogen-bond donors (Lipinski definition) is 1. The van der Waals surface area contributed by atoms with E-state index in [9.17, 15) is 0 Å². The molecule has 2 aromatic carbocycles. The molecule has 2 N–H and O–H groups in total. The number of nitrogens with zero attached hydrogens (tertiary/aromatic N) is 1. The van der Waals surface area contributed by atoms with Crippen LogP contribution in [-0.4, -0.2) is 12.0 Å². The first-order valence-corrected chi connectivity index (χ1v) is 7.05. The van der Waals surface area contributed by atoms with Crippen molar-refractivity contribution in [2.24, 2.45) is 5.73 Å². The number of benzene rings is 2. The summed E-state index contributed by atoms with van der Waals surface area (Å²) in [5.41, 5.74) is 11.7. The summed E-state index contributed by atoms with van der Waals surface area (Å²) < 4.78 is 0. The third kappa shape index (κ3) is 3.36. The van der Waals surface area contributed by atoms with Crippen molar-refractivity contribution in [3.05, 3.63) is 64.7 Å². The molecule has 0 aliphatic heterocycles. The van der Waals surface area contributed by atoms with Gasteiger partial charge in [-0.25, -0.2) is 0 Å². The lowest BCUT2D eigenvalue weighted by Crippen LogP contribution is -2.17. The number of hydrogen-bond acceptors (Lipinski definition) is 2. The number of anilines is 1. The molecule has 0 spiro atoms. The minimum atomic E-state index is 0.439. The van der Waals surface area contributed by atoms with Gasteiger partial charge in [0.05, 0.1) is 0 Å². The fraction of sp³-hybridized carbons (Fsp3) is 0.235. The zero-order valence-electron chi connectivity index (χ0n) is 12.2. The fourth-order valence-corrected chi connectivity index (χ4v) is 2.33. The average Bonchev–Trinajstić information content (AvgIpc) is 2.43. The van der Waals surface area contributed by atoms with Crippen molar-refractivity contribution in [2.45, 2.75) is 20.4 Å². The molecule has 0 aliphatic carbocycles. The lowest BCUT2D eigenvalue weighted by Gasteiger charge is -2.21. The van der Waals surface area contributed by atoms with Crippen LogP contribution in [0.15, 0.2) is 42.5 Å². The van der Waals surface area contributed by atoms with Crippen LogP contribution in [0.25, 0.3) is 0 Å². The topological polar surface area (TPSA) is 29.3 Å². The Labute approximate surface area is 126 Å². The van der Waals surface area contributed by atoms with Gasteiger partial charge in [0.15, 0.2) is 0 Å². The van der Waals surface area contributed by atoms with E-state index >= 15 is 0 Å². The minimum Gasteiger partial charge on any atom is -0.389 e. The highest BCUT2D eigenvalue weighted by atomic mass is 32.1. The number of thiocarbonyl (C=S) groups is 1. The summed E-state index contributed by atoms with van der Waals surface area (Å²) in [6.07, 6.45) is 0. The van der Waals surface area contributed by atoms with Gasteiger partial charge < -0.3 is 10.6 Å². The van der Waals surface area contributed by atoms with E-state index in [1.165, 1.54) is 16.7 Å². The molecule has 0 atom stereocenters. The Morgan fingerprint density at radius 2 is 1.75 bits per heavy atom. The molecule has 0 amide bonds. The van der Waals surface area contributed by atoms with Gasteiger partial charge in [-0.05, 0) is 49.2 Å². The number of rotatable bonds is 4. The Balaban J connectivity index is 2.17. The van der Waals surface area contributed by atoms with E-state index in [4.69, 9.17) is 18.0 Å². The van der Waals surface area contributed by atoms with E-state index in [1.807, 2.05) is 12.1 Å². The Hall–Kier alpha value is -1.87. The van der Waals surface area contributed by atoms with Crippen molar-refractivity contribution in [2.75, 3.05) is 11.9 Å². The first-order valence-electron chi connectivity index (χ1n) is 6.64. The summed E-state index contributed by atoms with van der Waals surface area (Å²) in [5, 5.41) is 0. The molecule has 0 aliphatic rings. The summed E-state index contributed by atoms with van der Waals surface area (Å²) in [4.78, 5) is 2.67. The standard InChI is InChI=1S/C17H20N2S/c1-12-4-5-13(2)15(10-12)11-19(3)16-8-6-14(7-9-16)17(18)20/h4-10H,11H2,1-3H3,(H2,18,20). The van der Waals surface area contributed by atoms with E-state index in [0.717, 1.165) is 17.8 Å². The quantitative estimate of drug-likeness (QED) is 0.870. The van der Waals surface area contributed by atoms with Crippen LogP contribution >= 0.6 is 12.2 Å². The Morgan fingerprint density at radius 1 is 1.10 bits per heavy atom. The van der Waals surface area contributed by atoms with Crippen LogP contribution in [0.4, 0.5) is 5.69 Å². The summed E-state index contributed by atoms with van der Waals surface area (Å²) in [6, 6.07) is 14.6. The van der Waals surface area contributed by atoms with Crippen LogP contribution in [0.5, 0.6) is 0 Å². The van der Waals surface area contributed by atoms with Gasteiger partial charge in [0.2, 0.25) is 0 Å². The molecular formula is C17H20N2S. The van der Waals surface area contributed by atoms with Crippen LogP contribution in [0.1, 0.15) is 22.3 Å². The van der Waals surface area contributed by atoms with Gasteiger partial charge in [-0.2, -0.15) is 0 Å². The van der Waals surface area contributed by atoms with Crippen molar-refractivity contribution in [1.29, 1.82) is 0 Å². The highest BCUT2D eigenvalue weighted by Gasteiger charge is 2.05. The first kappa shape index (κ1) is 14.5. The minimum absolute atomic E-state index is 0.439. The van der Waals surface area contributed by atoms with Crippen LogP contribution < -0.4 is 10.6 Å². The van der Waals surface area contributed by atoms with Crippen LogP contribution in [0.2, 0.25) is 0 Å². The molecule has 2 aromatic rings. The van der Waals surface area contributed by atoms with Crippen molar-refractivity contribution in [3.8, 4) is 0 Å². The summed E-state index contributed by atoms with van der Waals surface area (Å²) in [5.74, 6) is 0. The predicted molar refractivity (Wildman–Crippen MR) is 90.4 cm³/mol. The maximum absolute atomic E-state index is 5.62. The fourth-order valence-electron chi connectivity index (χ4n) is 2.20. The third-order valence-corrected chi connectivity index (χ3v) is 3.74. The van der Waals surface area contributed by atoms with Crippen molar-refractivity contribution >= 4 is 22.9 Å². The van der Waals surface area contributed by atoms with Gasteiger partial charge in [-0.3, -0.25) is 0 Å². The van der Waals surface area contributed by atoms with E-state index in [-0.39, 0.29) is 0 Å². The molecule has 0 unspecified atom stereocenters. The molecule has 2 rings (SSSR count). The largest absolute Gasteiger partial charge is 0.389 e. The highest BCUT2D eigenvalue weighted by molar-refractivity contribution is 7.80. The molecule has 0 fully saturated rings. The molecule has 0 radical (unpaired) electrons. The Kier molecular flexibility index (Phi) is 4.40. The second kappa shape index (κ2) is 6.06. The lowest BCUT2D eigenvalue weighted by molar-refractivity contribution is 0.912. The zero-order valence-corrected chi connectivity index (χ0v) is 13.0. The molecule has 0 heterocycles. The van der Waals surface area contributed by atoms with Crippen LogP contribution in [-0.2, 0) is 6.54 Å². The summed E-state index contributed by atoms with van der Waals surface area (Å²) >= 11 is 4.97. The second-order valence-corrected chi connectivity index (χ2v) is 5.64. The molecular weight excluding hydrogens is 264 g/mol. The van der Waals surface area contributed by atoms with Gasteiger partial charge >= 0.3 is 0 Å². The Morgan fingerprint density at radius 3 is 2.35 bits per heavy atom. The van der Waals surface area contributed by atoms with E-state index in [1.54, 1.807) is 0 Å². The Bertz CT molecular complexity index is 617. The maximum Gasteiger partial charge on any atom is 0.103 e. The van der Waals surface area contributed by atoms with Crippen LogP contribution in [0, 0.1) is 13.8 Å². The highest BCUT2D eigenvalue weighted by Crippen LogP contribution is 2.19.